The van der Waals surface area contributed by atoms with Crippen molar-refractivity contribution < 1.29 is 14.3 Å². The molecule has 1 aliphatic carbocycles. The van der Waals surface area contributed by atoms with Crippen LogP contribution in [-0.2, 0) is 26.2 Å². The Morgan fingerprint density at radius 3 is 2.53 bits per heavy atom. The number of anilines is 1. The fraction of sp³-hybridized carbons (Fsp3) is 0.241. The van der Waals surface area contributed by atoms with Crippen LogP contribution in [0.5, 0.6) is 0 Å². The second-order valence-electron chi connectivity index (χ2n) is 9.17. The SMILES string of the molecule is CCOC(=O)[C@@H]1c2c([nH]c3ccccc23)C[C@@H](c2ccccc2)[C@@]12C(=O)N(C)c1ccccc12. The van der Waals surface area contributed by atoms with Crippen molar-refractivity contribution in [1.82, 2.24) is 4.98 Å². The van der Waals surface area contributed by atoms with E-state index in [0.29, 0.717) is 6.42 Å². The van der Waals surface area contributed by atoms with Gasteiger partial charge >= 0.3 is 5.97 Å². The Labute approximate surface area is 198 Å². The Bertz CT molecular complexity index is 1420. The Hall–Kier alpha value is -3.86. The number of aromatic amines is 1. The van der Waals surface area contributed by atoms with Crippen LogP contribution in [0.2, 0.25) is 0 Å². The molecule has 34 heavy (non-hydrogen) atoms. The molecule has 3 atom stereocenters. The van der Waals surface area contributed by atoms with Crippen LogP contribution in [0.25, 0.3) is 10.9 Å². The number of hydrogen-bond donors (Lipinski definition) is 1. The van der Waals surface area contributed by atoms with E-state index in [9.17, 15) is 9.59 Å². The highest BCUT2D eigenvalue weighted by molar-refractivity contribution is 6.13. The molecule has 5 nitrogen and oxygen atoms in total. The number of ether oxygens (including phenoxy) is 1. The fourth-order valence-corrected chi connectivity index (χ4v) is 6.33. The van der Waals surface area contributed by atoms with Gasteiger partial charge in [0.2, 0.25) is 5.91 Å². The zero-order valence-corrected chi connectivity index (χ0v) is 19.2. The number of hydrogen-bond acceptors (Lipinski definition) is 3. The van der Waals surface area contributed by atoms with Gasteiger partial charge in [0.25, 0.3) is 0 Å². The molecule has 0 fully saturated rings. The molecule has 0 saturated carbocycles. The van der Waals surface area contributed by atoms with Crippen LogP contribution in [0.4, 0.5) is 5.69 Å². The van der Waals surface area contributed by atoms with Gasteiger partial charge in [0.1, 0.15) is 11.3 Å². The maximum atomic E-state index is 14.4. The number of H-pyrrole nitrogens is 1. The summed E-state index contributed by atoms with van der Waals surface area (Å²) in [5.41, 5.74) is 4.55. The molecule has 1 spiro atoms. The van der Waals surface area contributed by atoms with E-state index in [1.165, 1.54) is 0 Å². The lowest BCUT2D eigenvalue weighted by molar-refractivity contribution is -0.150. The molecular weight excluding hydrogens is 424 g/mol. The first-order chi connectivity index (χ1) is 16.6. The average molecular weight is 451 g/mol. The van der Waals surface area contributed by atoms with Crippen molar-refractivity contribution in [3.8, 4) is 0 Å². The Morgan fingerprint density at radius 2 is 1.74 bits per heavy atom. The van der Waals surface area contributed by atoms with Gasteiger partial charge in [-0.25, -0.2) is 0 Å². The number of likely N-dealkylation sites (N-methyl/N-ethyl adjacent to an activating group) is 1. The molecule has 1 aliphatic heterocycles. The molecule has 0 bridgehead atoms. The van der Waals surface area contributed by atoms with E-state index in [1.54, 1.807) is 4.90 Å². The highest BCUT2D eigenvalue weighted by atomic mass is 16.5. The molecule has 1 N–H and O–H groups in total. The van der Waals surface area contributed by atoms with Gasteiger partial charge in [-0.3, -0.25) is 9.59 Å². The third-order valence-corrected chi connectivity index (χ3v) is 7.62. The Kier molecular flexibility index (Phi) is 4.63. The van der Waals surface area contributed by atoms with E-state index in [0.717, 1.165) is 39.0 Å². The zero-order chi connectivity index (χ0) is 23.4. The van der Waals surface area contributed by atoms with E-state index in [-0.39, 0.29) is 24.4 Å². The highest BCUT2D eigenvalue weighted by Crippen LogP contribution is 2.61. The Balaban J connectivity index is 1.74. The van der Waals surface area contributed by atoms with Crippen LogP contribution < -0.4 is 4.90 Å². The third kappa shape index (κ3) is 2.61. The first kappa shape index (κ1) is 20.7. The van der Waals surface area contributed by atoms with Gasteiger partial charge in [-0.05, 0) is 42.2 Å². The van der Waals surface area contributed by atoms with Gasteiger partial charge < -0.3 is 14.6 Å². The molecule has 2 aliphatic rings. The van der Waals surface area contributed by atoms with Gasteiger partial charge in [0, 0.05) is 35.2 Å². The second kappa shape index (κ2) is 7.59. The molecule has 4 aromatic rings. The van der Waals surface area contributed by atoms with E-state index in [2.05, 4.69) is 17.1 Å². The number of rotatable bonds is 3. The molecule has 0 unspecified atom stereocenters. The number of nitrogens with one attached hydrogen (secondary N) is 1. The van der Waals surface area contributed by atoms with Crippen LogP contribution in [0.15, 0.2) is 78.9 Å². The number of esters is 1. The zero-order valence-electron chi connectivity index (χ0n) is 19.2. The quantitative estimate of drug-likeness (QED) is 0.444. The summed E-state index contributed by atoms with van der Waals surface area (Å²) in [6.45, 7) is 2.07. The maximum absolute atomic E-state index is 14.4. The molecule has 0 radical (unpaired) electrons. The summed E-state index contributed by atoms with van der Waals surface area (Å²) in [4.78, 5) is 33.6. The van der Waals surface area contributed by atoms with Crippen molar-refractivity contribution in [2.24, 2.45) is 0 Å². The molecule has 170 valence electrons. The fourth-order valence-electron chi connectivity index (χ4n) is 6.33. The first-order valence-electron chi connectivity index (χ1n) is 11.8. The standard InChI is InChI=1S/C29H26N2O3/c1-3-34-27(32)26-25-19-13-7-9-15-22(19)30-23(25)17-21(18-11-5-4-6-12-18)29(26)20-14-8-10-16-24(20)31(2)28(29)33/h4-16,21,26,30H,3,17H2,1-2H3/t21-,26-,29+/m0/s1. The largest absolute Gasteiger partial charge is 0.465 e. The van der Waals surface area contributed by atoms with Gasteiger partial charge in [-0.15, -0.1) is 0 Å². The van der Waals surface area contributed by atoms with Gasteiger partial charge in [0.15, 0.2) is 0 Å². The minimum absolute atomic E-state index is 0.0588. The monoisotopic (exact) mass is 450 g/mol. The smallest absolute Gasteiger partial charge is 0.314 e. The number of fused-ring (bicyclic) bond motifs is 5. The van der Waals surface area contributed by atoms with Crippen molar-refractivity contribution in [3.05, 3.63) is 101 Å². The van der Waals surface area contributed by atoms with Gasteiger partial charge in [0.05, 0.1) is 6.61 Å². The van der Waals surface area contributed by atoms with Crippen LogP contribution in [0, 0.1) is 0 Å². The second-order valence-corrected chi connectivity index (χ2v) is 9.17. The van der Waals surface area contributed by atoms with Crippen molar-refractivity contribution in [1.29, 1.82) is 0 Å². The Morgan fingerprint density at radius 1 is 1.03 bits per heavy atom. The minimum Gasteiger partial charge on any atom is -0.465 e. The summed E-state index contributed by atoms with van der Waals surface area (Å²) < 4.78 is 5.70. The van der Waals surface area contributed by atoms with Crippen molar-refractivity contribution in [2.75, 3.05) is 18.6 Å². The first-order valence-corrected chi connectivity index (χ1v) is 11.8. The number of benzene rings is 3. The lowest BCUT2D eigenvalue weighted by Crippen LogP contribution is -2.53. The van der Waals surface area contributed by atoms with Crippen LogP contribution in [0.1, 0.15) is 41.1 Å². The number of aromatic nitrogens is 1. The highest BCUT2D eigenvalue weighted by Gasteiger charge is 2.65. The average Bonchev–Trinajstić information content (AvgIpc) is 3.34. The number of carbonyl (C=O) groups is 2. The summed E-state index contributed by atoms with van der Waals surface area (Å²) in [5, 5.41) is 0.973. The summed E-state index contributed by atoms with van der Waals surface area (Å²) in [5.74, 6) is -1.41. The lowest BCUT2D eigenvalue weighted by atomic mass is 9.54. The van der Waals surface area contributed by atoms with E-state index in [1.807, 2.05) is 80.7 Å². The van der Waals surface area contributed by atoms with E-state index >= 15 is 0 Å². The number of para-hydroxylation sites is 2. The van der Waals surface area contributed by atoms with Gasteiger partial charge in [-0.1, -0.05) is 66.7 Å². The minimum atomic E-state index is -1.10. The van der Waals surface area contributed by atoms with E-state index < -0.39 is 11.3 Å². The summed E-state index contributed by atoms with van der Waals surface area (Å²) in [7, 11) is 1.81. The summed E-state index contributed by atoms with van der Waals surface area (Å²) in [6, 6.07) is 26.0. The predicted octanol–water partition coefficient (Wildman–Crippen LogP) is 5.07. The maximum Gasteiger partial charge on any atom is 0.314 e. The summed E-state index contributed by atoms with van der Waals surface area (Å²) >= 11 is 0. The molecule has 3 aromatic carbocycles. The molecular formula is C29H26N2O3. The lowest BCUT2D eigenvalue weighted by Gasteiger charge is -2.45. The molecule has 6 rings (SSSR count). The number of amides is 1. The topological polar surface area (TPSA) is 62.4 Å². The number of nitrogens with zero attached hydrogens (tertiary/aromatic N) is 1. The normalized spacial score (nSPS) is 23.2. The van der Waals surface area contributed by atoms with Crippen molar-refractivity contribution in [3.63, 3.8) is 0 Å². The van der Waals surface area contributed by atoms with Crippen molar-refractivity contribution >= 4 is 28.5 Å². The molecule has 2 heterocycles. The van der Waals surface area contributed by atoms with Crippen LogP contribution in [0.3, 0.4) is 0 Å². The van der Waals surface area contributed by atoms with E-state index in [4.69, 9.17) is 4.74 Å². The third-order valence-electron chi connectivity index (χ3n) is 7.62. The molecule has 1 aromatic heterocycles. The predicted molar refractivity (Wildman–Crippen MR) is 132 cm³/mol. The van der Waals surface area contributed by atoms with Crippen LogP contribution in [-0.4, -0.2) is 30.5 Å². The van der Waals surface area contributed by atoms with Crippen LogP contribution >= 0.6 is 0 Å². The van der Waals surface area contributed by atoms with Gasteiger partial charge in [-0.2, -0.15) is 0 Å². The number of carbonyl (C=O) groups excluding carboxylic acids is 2. The molecule has 0 saturated heterocycles. The molecule has 5 heteroatoms. The molecule has 1 amide bonds. The summed E-state index contributed by atoms with van der Waals surface area (Å²) in [6.07, 6.45) is 0.623. The van der Waals surface area contributed by atoms with Crippen molar-refractivity contribution in [2.45, 2.75) is 30.6 Å².